The van der Waals surface area contributed by atoms with Crippen molar-refractivity contribution in [3.05, 3.63) is 11.4 Å². The molecule has 1 aromatic heterocycles. The standard InChI is InChI=1S/C16H29N5/c1-6-9-17-15-12(2)16(19-13(3)18-15)21-10-7-8-14(21)11-20(4)5/h14H,6-11H2,1-5H3,(H,17,18,19). The Bertz CT molecular complexity index is 472. The van der Waals surface area contributed by atoms with Crippen molar-refractivity contribution in [1.82, 2.24) is 14.9 Å². The van der Waals surface area contributed by atoms with Gasteiger partial charge < -0.3 is 15.1 Å². The lowest BCUT2D eigenvalue weighted by Gasteiger charge is -2.30. The molecular formula is C16H29N5. The van der Waals surface area contributed by atoms with E-state index in [1.807, 2.05) is 6.92 Å². The fraction of sp³-hybridized carbons (Fsp3) is 0.750. The van der Waals surface area contributed by atoms with Crippen LogP contribution in [0, 0.1) is 13.8 Å². The van der Waals surface area contributed by atoms with Gasteiger partial charge in [0.2, 0.25) is 0 Å². The first-order valence-electron chi connectivity index (χ1n) is 8.03. The van der Waals surface area contributed by atoms with Crippen LogP contribution in [-0.2, 0) is 0 Å². The summed E-state index contributed by atoms with van der Waals surface area (Å²) in [5.74, 6) is 2.96. The maximum atomic E-state index is 4.74. The monoisotopic (exact) mass is 291 g/mol. The summed E-state index contributed by atoms with van der Waals surface area (Å²) in [4.78, 5) is 14.0. The Kier molecular flexibility index (Phi) is 5.39. The Morgan fingerprint density at radius 3 is 2.71 bits per heavy atom. The van der Waals surface area contributed by atoms with E-state index in [1.165, 1.54) is 18.4 Å². The van der Waals surface area contributed by atoms with Crippen LogP contribution in [0.15, 0.2) is 0 Å². The van der Waals surface area contributed by atoms with Gasteiger partial charge in [-0.25, -0.2) is 9.97 Å². The van der Waals surface area contributed by atoms with E-state index >= 15 is 0 Å². The van der Waals surface area contributed by atoms with Crippen LogP contribution >= 0.6 is 0 Å². The van der Waals surface area contributed by atoms with Crippen LogP contribution in [0.4, 0.5) is 11.6 Å². The smallest absolute Gasteiger partial charge is 0.137 e. The summed E-state index contributed by atoms with van der Waals surface area (Å²) in [7, 11) is 4.28. The Labute approximate surface area is 128 Å². The highest BCUT2D eigenvalue weighted by atomic mass is 15.3. The molecule has 118 valence electrons. The Morgan fingerprint density at radius 1 is 1.29 bits per heavy atom. The van der Waals surface area contributed by atoms with Crippen LogP contribution in [0.25, 0.3) is 0 Å². The number of hydrogen-bond donors (Lipinski definition) is 1. The minimum absolute atomic E-state index is 0.562. The summed E-state index contributed by atoms with van der Waals surface area (Å²) in [6, 6.07) is 0.562. The molecule has 1 fully saturated rings. The summed E-state index contributed by atoms with van der Waals surface area (Å²) in [6.07, 6.45) is 3.60. The van der Waals surface area contributed by atoms with Gasteiger partial charge in [-0.1, -0.05) is 6.92 Å². The van der Waals surface area contributed by atoms with Crippen LogP contribution in [0.5, 0.6) is 0 Å². The second-order valence-corrected chi connectivity index (χ2v) is 6.25. The Balaban J connectivity index is 2.27. The number of aromatic nitrogens is 2. The summed E-state index contributed by atoms with van der Waals surface area (Å²) < 4.78 is 0. The predicted octanol–water partition coefficient (Wildman–Crippen LogP) is 2.45. The zero-order chi connectivity index (χ0) is 15.4. The molecule has 1 unspecified atom stereocenters. The highest BCUT2D eigenvalue weighted by Crippen LogP contribution is 2.30. The molecule has 21 heavy (non-hydrogen) atoms. The summed E-state index contributed by atoms with van der Waals surface area (Å²) in [5, 5.41) is 3.43. The molecule has 0 radical (unpaired) electrons. The quantitative estimate of drug-likeness (QED) is 0.872. The molecular weight excluding hydrogens is 262 g/mol. The molecule has 0 amide bonds. The normalized spacial score (nSPS) is 18.6. The minimum Gasteiger partial charge on any atom is -0.370 e. The van der Waals surface area contributed by atoms with E-state index in [-0.39, 0.29) is 0 Å². The lowest BCUT2D eigenvalue weighted by atomic mass is 10.2. The molecule has 5 heteroatoms. The SMILES string of the molecule is CCCNc1nc(C)nc(N2CCCC2CN(C)C)c1C. The number of rotatable bonds is 6. The van der Waals surface area contributed by atoms with E-state index in [0.717, 1.165) is 43.5 Å². The van der Waals surface area contributed by atoms with Crippen LogP contribution in [0.1, 0.15) is 37.6 Å². The molecule has 0 saturated carbocycles. The van der Waals surface area contributed by atoms with Gasteiger partial charge in [-0.2, -0.15) is 0 Å². The van der Waals surface area contributed by atoms with E-state index in [4.69, 9.17) is 4.98 Å². The van der Waals surface area contributed by atoms with Gasteiger partial charge in [0.1, 0.15) is 17.5 Å². The molecule has 1 atom stereocenters. The number of hydrogen-bond acceptors (Lipinski definition) is 5. The van der Waals surface area contributed by atoms with E-state index in [2.05, 4.69) is 48.0 Å². The molecule has 1 aliphatic heterocycles. The van der Waals surface area contributed by atoms with E-state index < -0.39 is 0 Å². The second-order valence-electron chi connectivity index (χ2n) is 6.25. The molecule has 1 aromatic rings. The molecule has 2 heterocycles. The van der Waals surface area contributed by atoms with Gasteiger partial charge in [0, 0.05) is 31.2 Å². The first kappa shape index (κ1) is 16.0. The van der Waals surface area contributed by atoms with Crippen LogP contribution in [0.2, 0.25) is 0 Å². The van der Waals surface area contributed by atoms with Crippen LogP contribution in [0.3, 0.4) is 0 Å². The third-order valence-electron chi connectivity index (χ3n) is 4.00. The van der Waals surface area contributed by atoms with Crippen molar-refractivity contribution in [2.24, 2.45) is 0 Å². The van der Waals surface area contributed by atoms with Gasteiger partial charge in [-0.15, -0.1) is 0 Å². The van der Waals surface area contributed by atoms with E-state index in [9.17, 15) is 0 Å². The molecule has 1 aliphatic rings. The maximum Gasteiger partial charge on any atom is 0.137 e. The van der Waals surface area contributed by atoms with Crippen molar-refractivity contribution in [1.29, 1.82) is 0 Å². The van der Waals surface area contributed by atoms with Crippen molar-refractivity contribution in [2.45, 2.75) is 46.1 Å². The molecule has 1 saturated heterocycles. The molecule has 0 aliphatic carbocycles. The van der Waals surface area contributed by atoms with E-state index in [0.29, 0.717) is 6.04 Å². The Morgan fingerprint density at radius 2 is 2.05 bits per heavy atom. The lowest BCUT2D eigenvalue weighted by Crippen LogP contribution is -2.38. The number of nitrogens with one attached hydrogen (secondary N) is 1. The highest BCUT2D eigenvalue weighted by Gasteiger charge is 2.28. The summed E-state index contributed by atoms with van der Waals surface area (Å²) in [6.45, 7) is 9.43. The van der Waals surface area contributed by atoms with E-state index in [1.54, 1.807) is 0 Å². The second kappa shape index (κ2) is 7.07. The van der Waals surface area contributed by atoms with Crippen molar-refractivity contribution in [3.63, 3.8) is 0 Å². The summed E-state index contributed by atoms with van der Waals surface area (Å²) in [5.41, 5.74) is 1.18. The number of nitrogens with zero attached hydrogens (tertiary/aromatic N) is 4. The average molecular weight is 291 g/mol. The molecule has 0 bridgehead atoms. The molecule has 2 rings (SSSR count). The summed E-state index contributed by atoms with van der Waals surface area (Å²) >= 11 is 0. The van der Waals surface area contributed by atoms with Crippen LogP contribution < -0.4 is 10.2 Å². The van der Waals surface area contributed by atoms with Gasteiger partial charge in [-0.05, 0) is 47.2 Å². The first-order valence-corrected chi connectivity index (χ1v) is 8.03. The third-order valence-corrected chi connectivity index (χ3v) is 4.00. The van der Waals surface area contributed by atoms with Crippen LogP contribution in [-0.4, -0.2) is 54.6 Å². The highest BCUT2D eigenvalue weighted by molar-refractivity contribution is 5.59. The van der Waals surface area contributed by atoms with Gasteiger partial charge in [0.05, 0.1) is 0 Å². The lowest BCUT2D eigenvalue weighted by molar-refractivity contribution is 0.371. The number of anilines is 2. The topological polar surface area (TPSA) is 44.3 Å². The van der Waals surface area contributed by atoms with Gasteiger partial charge in [0.25, 0.3) is 0 Å². The average Bonchev–Trinajstić information content (AvgIpc) is 2.86. The van der Waals surface area contributed by atoms with Crippen molar-refractivity contribution in [3.8, 4) is 0 Å². The Hall–Kier alpha value is -1.36. The van der Waals surface area contributed by atoms with Gasteiger partial charge >= 0.3 is 0 Å². The predicted molar refractivity (Wildman–Crippen MR) is 89.2 cm³/mol. The van der Waals surface area contributed by atoms with Gasteiger partial charge in [-0.3, -0.25) is 0 Å². The molecule has 0 aromatic carbocycles. The van der Waals surface area contributed by atoms with Gasteiger partial charge in [0.15, 0.2) is 0 Å². The van der Waals surface area contributed by atoms with Crippen molar-refractivity contribution >= 4 is 11.6 Å². The number of aryl methyl sites for hydroxylation is 1. The zero-order valence-electron chi connectivity index (χ0n) is 14.1. The molecule has 1 N–H and O–H groups in total. The minimum atomic E-state index is 0.562. The third kappa shape index (κ3) is 3.84. The fourth-order valence-corrected chi connectivity index (χ4v) is 3.03. The number of likely N-dealkylation sites (N-methyl/N-ethyl adjacent to an activating group) is 1. The molecule has 5 nitrogen and oxygen atoms in total. The fourth-order valence-electron chi connectivity index (χ4n) is 3.03. The van der Waals surface area contributed by atoms with Crippen molar-refractivity contribution < 1.29 is 0 Å². The van der Waals surface area contributed by atoms with Crippen molar-refractivity contribution in [2.75, 3.05) is 43.9 Å². The molecule has 0 spiro atoms. The zero-order valence-corrected chi connectivity index (χ0v) is 14.1. The largest absolute Gasteiger partial charge is 0.370 e. The maximum absolute atomic E-state index is 4.74. The first-order chi connectivity index (χ1) is 10.0.